The van der Waals surface area contributed by atoms with E-state index >= 15 is 0 Å². The highest BCUT2D eigenvalue weighted by atomic mass is 16.5. The number of rotatable bonds is 8. The van der Waals surface area contributed by atoms with Crippen LogP contribution in [0.2, 0.25) is 0 Å². The first-order chi connectivity index (χ1) is 17.2. The van der Waals surface area contributed by atoms with E-state index in [1.807, 2.05) is 50.2 Å². The number of carbonyl (C=O) groups is 2. The summed E-state index contributed by atoms with van der Waals surface area (Å²) in [5.41, 5.74) is 8.89. The van der Waals surface area contributed by atoms with Gasteiger partial charge in [0.05, 0.1) is 23.7 Å². The van der Waals surface area contributed by atoms with Gasteiger partial charge in [-0.3, -0.25) is 18.7 Å². The lowest BCUT2D eigenvalue weighted by Crippen LogP contribution is -2.33. The monoisotopic (exact) mass is 493 g/mol. The molecule has 36 heavy (non-hydrogen) atoms. The second-order valence-electron chi connectivity index (χ2n) is 9.82. The van der Waals surface area contributed by atoms with Crippen molar-refractivity contribution in [2.75, 3.05) is 33.1 Å². The Hall–Kier alpha value is -3.59. The lowest BCUT2D eigenvalue weighted by molar-refractivity contribution is -0.121. The molecule has 0 bridgehead atoms. The topological polar surface area (TPSA) is 112 Å². The van der Waals surface area contributed by atoms with Gasteiger partial charge in [0, 0.05) is 36.8 Å². The molecule has 0 saturated heterocycles. The maximum Gasteiger partial charge on any atom is 0.329 e. The Morgan fingerprint density at radius 3 is 2.50 bits per heavy atom. The zero-order valence-electron chi connectivity index (χ0n) is 21.4. The largest absolute Gasteiger partial charge is 0.496 e. The van der Waals surface area contributed by atoms with Gasteiger partial charge in [-0.25, -0.2) is 4.79 Å². The molecule has 1 aliphatic rings. The number of carbonyl (C=O) groups excluding carboxylic acids is 2. The minimum atomic E-state index is -0.551. The molecule has 0 aliphatic heterocycles. The number of benzene rings is 2. The van der Waals surface area contributed by atoms with Crippen molar-refractivity contribution < 1.29 is 14.3 Å². The molecule has 192 valence electrons. The smallest absolute Gasteiger partial charge is 0.329 e. The molecule has 4 rings (SSSR count). The van der Waals surface area contributed by atoms with Crippen LogP contribution in [0.3, 0.4) is 0 Å². The fourth-order valence-electron chi connectivity index (χ4n) is 5.14. The number of imidazole rings is 1. The van der Waals surface area contributed by atoms with Gasteiger partial charge >= 0.3 is 5.69 Å². The van der Waals surface area contributed by atoms with Crippen molar-refractivity contribution >= 4 is 28.5 Å². The summed E-state index contributed by atoms with van der Waals surface area (Å²) in [5.74, 6) is 0.0324. The first-order valence-electron chi connectivity index (χ1n) is 12.3. The van der Waals surface area contributed by atoms with Crippen LogP contribution >= 0.6 is 0 Å². The number of anilines is 1. The maximum atomic E-state index is 13.6. The standard InChI is InChI=1S/C27H35N5O4/c1-17-8-11-19(16-23(17)36-4)29-26(34)18-9-12-20(13-10-18)32-22-7-5-6-21(25(28)33)24(22)31(27(32)35)15-14-30(2)3/h5-8,11,16,18,20H,9-10,12-15H2,1-4H3,(H2,28,33)(H,29,34)/t18-,20+. The third kappa shape index (κ3) is 5.02. The molecule has 1 aliphatic carbocycles. The van der Waals surface area contributed by atoms with E-state index in [1.54, 1.807) is 28.4 Å². The number of fused-ring (bicyclic) bond motifs is 1. The normalized spacial score (nSPS) is 17.9. The molecule has 0 atom stereocenters. The Bertz CT molecular complexity index is 1330. The Kier molecular flexibility index (Phi) is 7.49. The number of ether oxygens (including phenoxy) is 1. The minimum Gasteiger partial charge on any atom is -0.496 e. The number of primary amides is 1. The number of para-hydroxylation sites is 1. The summed E-state index contributed by atoms with van der Waals surface area (Å²) in [6.07, 6.45) is 2.74. The van der Waals surface area contributed by atoms with Crippen LogP contribution in [0.4, 0.5) is 5.69 Å². The molecule has 3 aromatic rings. The third-order valence-corrected chi connectivity index (χ3v) is 7.13. The first-order valence-corrected chi connectivity index (χ1v) is 12.3. The lowest BCUT2D eigenvalue weighted by Gasteiger charge is -2.28. The zero-order valence-corrected chi connectivity index (χ0v) is 21.4. The second kappa shape index (κ2) is 10.6. The van der Waals surface area contributed by atoms with Crippen LogP contribution in [0, 0.1) is 12.8 Å². The van der Waals surface area contributed by atoms with E-state index < -0.39 is 5.91 Å². The average molecular weight is 494 g/mol. The number of hydrogen-bond acceptors (Lipinski definition) is 5. The summed E-state index contributed by atoms with van der Waals surface area (Å²) in [4.78, 5) is 40.7. The van der Waals surface area contributed by atoms with Crippen molar-refractivity contribution in [3.05, 3.63) is 58.0 Å². The fourth-order valence-corrected chi connectivity index (χ4v) is 5.14. The highest BCUT2D eigenvalue weighted by molar-refractivity contribution is 6.04. The predicted octanol–water partition coefficient (Wildman–Crippen LogP) is 3.15. The molecule has 3 N–H and O–H groups in total. The van der Waals surface area contributed by atoms with Gasteiger partial charge in [0.25, 0.3) is 5.91 Å². The molecule has 0 spiro atoms. The molecule has 1 saturated carbocycles. The first kappa shape index (κ1) is 25.5. The number of aryl methyl sites for hydroxylation is 1. The molecule has 1 aromatic heterocycles. The number of nitrogens with one attached hydrogen (secondary N) is 1. The zero-order chi connectivity index (χ0) is 26.0. The number of amides is 2. The van der Waals surface area contributed by atoms with E-state index in [0.717, 1.165) is 16.8 Å². The Morgan fingerprint density at radius 2 is 1.86 bits per heavy atom. The van der Waals surface area contributed by atoms with Crippen molar-refractivity contribution in [2.24, 2.45) is 11.7 Å². The predicted molar refractivity (Wildman–Crippen MR) is 141 cm³/mol. The Labute approximate surface area is 210 Å². The van der Waals surface area contributed by atoms with Gasteiger partial charge in [-0.2, -0.15) is 0 Å². The summed E-state index contributed by atoms with van der Waals surface area (Å²) in [6.45, 7) is 3.07. The number of nitrogens with zero attached hydrogens (tertiary/aromatic N) is 3. The highest BCUT2D eigenvalue weighted by Crippen LogP contribution is 2.35. The SMILES string of the molecule is COc1cc(NC(=O)[C@H]2CC[C@@H](n3c(=O)n(CCN(C)C)c4c(C(N)=O)cccc43)CC2)ccc1C. The molecule has 9 heteroatoms. The van der Waals surface area contributed by atoms with Gasteiger partial charge in [0.15, 0.2) is 0 Å². The highest BCUT2D eigenvalue weighted by Gasteiger charge is 2.30. The van der Waals surface area contributed by atoms with Crippen molar-refractivity contribution in [1.82, 2.24) is 14.0 Å². The maximum absolute atomic E-state index is 13.6. The number of hydrogen-bond donors (Lipinski definition) is 2. The van der Waals surface area contributed by atoms with Crippen LogP contribution in [-0.4, -0.2) is 53.6 Å². The van der Waals surface area contributed by atoms with E-state index in [9.17, 15) is 14.4 Å². The average Bonchev–Trinajstić information content (AvgIpc) is 3.14. The van der Waals surface area contributed by atoms with E-state index in [0.29, 0.717) is 55.5 Å². The van der Waals surface area contributed by atoms with Crippen molar-refractivity contribution in [3.63, 3.8) is 0 Å². The quantitative estimate of drug-likeness (QED) is 0.501. The van der Waals surface area contributed by atoms with Crippen molar-refractivity contribution in [1.29, 1.82) is 0 Å². The summed E-state index contributed by atoms with van der Waals surface area (Å²) in [7, 11) is 5.50. The van der Waals surface area contributed by atoms with Gasteiger partial charge < -0.3 is 20.7 Å². The molecular formula is C27H35N5O4. The fraction of sp³-hybridized carbons (Fsp3) is 0.444. The van der Waals surface area contributed by atoms with E-state index in [2.05, 4.69) is 5.32 Å². The molecule has 1 heterocycles. The second-order valence-corrected chi connectivity index (χ2v) is 9.82. The number of likely N-dealkylation sites (N-methyl/N-ethyl adjacent to an activating group) is 1. The third-order valence-electron chi connectivity index (χ3n) is 7.13. The lowest BCUT2D eigenvalue weighted by atomic mass is 9.85. The van der Waals surface area contributed by atoms with Crippen LogP contribution in [0.1, 0.15) is 47.6 Å². The molecule has 2 amide bonds. The van der Waals surface area contributed by atoms with Crippen LogP contribution in [0.15, 0.2) is 41.2 Å². The van der Waals surface area contributed by atoms with Crippen LogP contribution in [-0.2, 0) is 11.3 Å². The summed E-state index contributed by atoms with van der Waals surface area (Å²) in [5, 5.41) is 3.01. The van der Waals surface area contributed by atoms with E-state index in [4.69, 9.17) is 10.5 Å². The summed E-state index contributed by atoms with van der Waals surface area (Å²) >= 11 is 0. The number of methoxy groups -OCH3 is 1. The van der Waals surface area contributed by atoms with Gasteiger partial charge in [0.2, 0.25) is 5.91 Å². The van der Waals surface area contributed by atoms with Gasteiger partial charge in [-0.05, 0) is 70.5 Å². The number of aromatic nitrogens is 2. The van der Waals surface area contributed by atoms with Crippen molar-refractivity contribution in [3.8, 4) is 5.75 Å². The van der Waals surface area contributed by atoms with Gasteiger partial charge in [0.1, 0.15) is 5.75 Å². The Morgan fingerprint density at radius 1 is 1.14 bits per heavy atom. The molecule has 2 aromatic carbocycles. The van der Waals surface area contributed by atoms with Crippen LogP contribution < -0.4 is 21.5 Å². The van der Waals surface area contributed by atoms with Crippen LogP contribution in [0.5, 0.6) is 5.75 Å². The summed E-state index contributed by atoms with van der Waals surface area (Å²) < 4.78 is 8.83. The van der Waals surface area contributed by atoms with Gasteiger partial charge in [-0.15, -0.1) is 0 Å². The minimum absolute atomic E-state index is 0.0175. The molecule has 0 radical (unpaired) electrons. The molecule has 1 fully saturated rings. The molecular weight excluding hydrogens is 458 g/mol. The van der Waals surface area contributed by atoms with Crippen molar-refractivity contribution in [2.45, 2.75) is 45.2 Å². The summed E-state index contributed by atoms with van der Waals surface area (Å²) in [6, 6.07) is 10.9. The van der Waals surface area contributed by atoms with Crippen LogP contribution in [0.25, 0.3) is 11.0 Å². The molecule has 9 nitrogen and oxygen atoms in total. The van der Waals surface area contributed by atoms with Gasteiger partial charge in [-0.1, -0.05) is 12.1 Å². The van der Waals surface area contributed by atoms with E-state index in [1.165, 1.54) is 0 Å². The molecule has 0 unspecified atom stereocenters. The Balaban J connectivity index is 1.55. The number of nitrogens with two attached hydrogens (primary N) is 1. The van der Waals surface area contributed by atoms with E-state index in [-0.39, 0.29) is 23.6 Å².